The van der Waals surface area contributed by atoms with Crippen molar-refractivity contribution in [3.8, 4) is 0 Å². The van der Waals surface area contributed by atoms with Crippen molar-refractivity contribution < 1.29 is 13.9 Å². The quantitative estimate of drug-likeness (QED) is 0.171. The molecule has 3 aromatic carbocycles. The smallest absolute Gasteiger partial charge is 0.412 e. The van der Waals surface area contributed by atoms with Gasteiger partial charge in [-0.2, -0.15) is 0 Å². The predicted molar refractivity (Wildman–Crippen MR) is 172 cm³/mol. The maximum atomic E-state index is 14.2. The van der Waals surface area contributed by atoms with Crippen molar-refractivity contribution in [1.82, 2.24) is 14.5 Å². The van der Waals surface area contributed by atoms with Crippen molar-refractivity contribution in [3.05, 3.63) is 95.6 Å². The number of aromatic nitrogens is 2. The highest BCUT2D eigenvalue weighted by Gasteiger charge is 2.48. The molecule has 1 N–H and O–H groups in total. The van der Waals surface area contributed by atoms with Crippen LogP contribution in [0.4, 0.5) is 14.9 Å². The number of para-hydroxylation sites is 3. The van der Waals surface area contributed by atoms with Crippen LogP contribution in [0.2, 0.25) is 0 Å². The largest absolute Gasteiger partial charge is 0.442 e. The molecule has 0 bridgehead atoms. The second-order valence-corrected chi connectivity index (χ2v) is 12.4. The highest BCUT2D eigenvalue weighted by molar-refractivity contribution is 5.85. The van der Waals surface area contributed by atoms with Crippen LogP contribution in [0.25, 0.3) is 11.0 Å². The number of halogens is 1. The molecule has 228 valence electrons. The van der Waals surface area contributed by atoms with Gasteiger partial charge in [0.15, 0.2) is 0 Å². The van der Waals surface area contributed by atoms with E-state index in [4.69, 9.17) is 9.72 Å². The van der Waals surface area contributed by atoms with Crippen LogP contribution in [-0.4, -0.2) is 46.3 Å². The summed E-state index contributed by atoms with van der Waals surface area (Å²) in [6.07, 6.45) is 5.92. The standard InChI is InChI=1S/C36H45FN4O2/c1-26(2)34-30-19-18-28(37)25-27(30)20-21-36(34,43-35(42)38-29-13-7-5-8-14-29)22-24-40(3)23-12-6-9-17-33-39-31-15-10-11-16-32(31)41(33)4/h5,7-8,10-11,13-16,18-19,25-26,34H,6,9,12,17,20-24H2,1-4H3,(H,38,42)/t34-,36-/m0/s1. The topological polar surface area (TPSA) is 59.4 Å². The Morgan fingerprint density at radius 1 is 1.07 bits per heavy atom. The summed E-state index contributed by atoms with van der Waals surface area (Å²) < 4.78 is 22.8. The summed E-state index contributed by atoms with van der Waals surface area (Å²) in [7, 11) is 4.25. The van der Waals surface area contributed by atoms with Gasteiger partial charge in [0.1, 0.15) is 17.2 Å². The lowest BCUT2D eigenvalue weighted by atomic mass is 9.65. The number of anilines is 1. The highest BCUT2D eigenvalue weighted by Crippen LogP contribution is 2.48. The van der Waals surface area contributed by atoms with Crippen molar-refractivity contribution >= 4 is 22.8 Å². The number of nitrogens with one attached hydrogen (secondary N) is 1. The summed E-state index contributed by atoms with van der Waals surface area (Å²) >= 11 is 0. The molecular formula is C36H45FN4O2. The molecule has 1 aliphatic rings. The zero-order valence-electron chi connectivity index (χ0n) is 26.0. The van der Waals surface area contributed by atoms with E-state index in [1.54, 1.807) is 6.07 Å². The number of unbranched alkanes of at least 4 members (excludes halogenated alkanes) is 2. The second kappa shape index (κ2) is 13.7. The Balaban J connectivity index is 1.21. The van der Waals surface area contributed by atoms with Crippen LogP contribution in [-0.2, 0) is 24.6 Å². The number of hydrogen-bond donors (Lipinski definition) is 1. The monoisotopic (exact) mass is 584 g/mol. The predicted octanol–water partition coefficient (Wildman–Crippen LogP) is 8.12. The van der Waals surface area contributed by atoms with Crippen molar-refractivity contribution in [2.45, 2.75) is 70.3 Å². The van der Waals surface area contributed by atoms with Crippen LogP contribution in [0.5, 0.6) is 0 Å². The lowest BCUT2D eigenvalue weighted by Crippen LogP contribution is -2.49. The minimum absolute atomic E-state index is 0.0277. The van der Waals surface area contributed by atoms with E-state index in [1.165, 1.54) is 11.6 Å². The summed E-state index contributed by atoms with van der Waals surface area (Å²) in [5, 5.41) is 2.93. The zero-order chi connectivity index (χ0) is 30.4. The van der Waals surface area contributed by atoms with E-state index in [1.807, 2.05) is 42.5 Å². The molecule has 5 rings (SSSR count). The Morgan fingerprint density at radius 2 is 1.84 bits per heavy atom. The number of nitrogens with zero attached hydrogens (tertiary/aromatic N) is 3. The number of rotatable bonds is 12. The Hall–Kier alpha value is -3.71. The SMILES string of the molecule is CC(C)[C@H]1c2ccc(F)cc2CC[C@@]1(CCN(C)CCCCCc1nc2ccccc2n1C)OC(=O)Nc1ccccc1. The Morgan fingerprint density at radius 3 is 2.60 bits per heavy atom. The summed E-state index contributed by atoms with van der Waals surface area (Å²) in [6.45, 7) is 6.13. The van der Waals surface area contributed by atoms with E-state index < -0.39 is 11.7 Å². The Labute approximate surface area is 255 Å². The van der Waals surface area contributed by atoms with Gasteiger partial charge in [-0.15, -0.1) is 0 Å². The van der Waals surface area contributed by atoms with Crippen molar-refractivity contribution in [2.75, 3.05) is 25.5 Å². The van der Waals surface area contributed by atoms with E-state index in [0.717, 1.165) is 61.2 Å². The summed E-state index contributed by atoms with van der Waals surface area (Å²) in [4.78, 5) is 20.5. The molecule has 6 nitrogen and oxygen atoms in total. The fourth-order valence-corrected chi connectivity index (χ4v) is 6.89. The molecule has 4 aromatic rings. The number of carbonyl (C=O) groups is 1. The number of fused-ring (bicyclic) bond motifs is 2. The average Bonchev–Trinajstić information content (AvgIpc) is 3.31. The molecule has 0 spiro atoms. The normalized spacial score (nSPS) is 18.3. The second-order valence-electron chi connectivity index (χ2n) is 12.4. The van der Waals surface area contributed by atoms with Crippen molar-refractivity contribution in [3.63, 3.8) is 0 Å². The van der Waals surface area contributed by atoms with Gasteiger partial charge in [-0.1, -0.05) is 56.7 Å². The fraction of sp³-hybridized carbons (Fsp3) is 0.444. The number of amides is 1. The number of ether oxygens (including phenoxy) is 1. The lowest BCUT2D eigenvalue weighted by Gasteiger charge is -2.47. The molecule has 0 fully saturated rings. The molecule has 0 unspecified atom stereocenters. The van der Waals surface area contributed by atoms with E-state index in [9.17, 15) is 9.18 Å². The van der Waals surface area contributed by atoms with Crippen LogP contribution in [0.15, 0.2) is 72.8 Å². The lowest BCUT2D eigenvalue weighted by molar-refractivity contribution is -0.0384. The van der Waals surface area contributed by atoms with E-state index in [2.05, 4.69) is 60.9 Å². The molecule has 0 saturated carbocycles. The molecule has 0 radical (unpaired) electrons. The molecule has 1 aromatic heterocycles. The summed E-state index contributed by atoms with van der Waals surface area (Å²) in [5.41, 5.74) is 4.38. The highest BCUT2D eigenvalue weighted by atomic mass is 19.1. The number of benzene rings is 3. The molecule has 1 heterocycles. The summed E-state index contributed by atoms with van der Waals surface area (Å²) in [5.74, 6) is 1.11. The Bertz CT molecular complexity index is 1520. The Kier molecular flexibility index (Phi) is 9.81. The first-order chi connectivity index (χ1) is 20.8. The molecule has 0 saturated heterocycles. The van der Waals surface area contributed by atoms with Gasteiger partial charge in [0, 0.05) is 38.0 Å². The first kappa shape index (κ1) is 30.7. The third-order valence-corrected chi connectivity index (χ3v) is 9.04. The van der Waals surface area contributed by atoms with Crippen LogP contribution < -0.4 is 5.32 Å². The van der Waals surface area contributed by atoms with Crippen LogP contribution >= 0.6 is 0 Å². The third kappa shape index (κ3) is 7.27. The van der Waals surface area contributed by atoms with E-state index in [0.29, 0.717) is 24.9 Å². The average molecular weight is 585 g/mol. The van der Waals surface area contributed by atoms with Crippen LogP contribution in [0, 0.1) is 11.7 Å². The fourth-order valence-electron chi connectivity index (χ4n) is 6.89. The molecule has 7 heteroatoms. The third-order valence-electron chi connectivity index (χ3n) is 9.04. The summed E-state index contributed by atoms with van der Waals surface area (Å²) in [6, 6.07) is 22.8. The maximum absolute atomic E-state index is 14.2. The first-order valence-corrected chi connectivity index (χ1v) is 15.7. The van der Waals surface area contributed by atoms with Gasteiger partial charge in [-0.05, 0) is 92.7 Å². The molecule has 0 aliphatic heterocycles. The first-order valence-electron chi connectivity index (χ1n) is 15.7. The van der Waals surface area contributed by atoms with Crippen LogP contribution in [0.1, 0.15) is 68.8 Å². The minimum Gasteiger partial charge on any atom is -0.442 e. The molecule has 1 amide bonds. The zero-order valence-corrected chi connectivity index (χ0v) is 26.0. The van der Waals surface area contributed by atoms with E-state index >= 15 is 0 Å². The van der Waals surface area contributed by atoms with Gasteiger partial charge >= 0.3 is 6.09 Å². The van der Waals surface area contributed by atoms with Gasteiger partial charge in [0.25, 0.3) is 0 Å². The molecule has 1 aliphatic carbocycles. The molecule has 43 heavy (non-hydrogen) atoms. The van der Waals surface area contributed by atoms with Crippen molar-refractivity contribution in [1.29, 1.82) is 0 Å². The minimum atomic E-state index is -0.688. The van der Waals surface area contributed by atoms with Gasteiger partial charge < -0.3 is 14.2 Å². The number of aryl methyl sites for hydroxylation is 3. The van der Waals surface area contributed by atoms with E-state index in [-0.39, 0.29) is 17.7 Å². The van der Waals surface area contributed by atoms with Gasteiger partial charge in [-0.25, -0.2) is 14.2 Å². The van der Waals surface area contributed by atoms with Crippen LogP contribution in [0.3, 0.4) is 0 Å². The molecular weight excluding hydrogens is 539 g/mol. The van der Waals surface area contributed by atoms with Gasteiger partial charge in [0.2, 0.25) is 0 Å². The number of imidazole rings is 1. The maximum Gasteiger partial charge on any atom is 0.412 e. The van der Waals surface area contributed by atoms with Gasteiger partial charge in [0.05, 0.1) is 11.0 Å². The van der Waals surface area contributed by atoms with Gasteiger partial charge in [-0.3, -0.25) is 5.32 Å². The number of carbonyl (C=O) groups excluding carboxylic acids is 1. The van der Waals surface area contributed by atoms with Crippen molar-refractivity contribution in [2.24, 2.45) is 13.0 Å². The number of hydrogen-bond acceptors (Lipinski definition) is 4. The molecule has 2 atom stereocenters.